The van der Waals surface area contributed by atoms with Crippen molar-refractivity contribution in [2.75, 3.05) is 6.61 Å². The molecule has 2 rings (SSSR count). The molecule has 0 saturated heterocycles. The highest BCUT2D eigenvalue weighted by Crippen LogP contribution is 2.51. The van der Waals surface area contributed by atoms with E-state index in [9.17, 15) is 4.57 Å². The fraction of sp³-hybridized carbons (Fsp3) is 0.200. The molecule has 1 aromatic carbocycles. The molecule has 0 amide bonds. The Bertz CT molecular complexity index is 412. The van der Waals surface area contributed by atoms with E-state index in [1.165, 1.54) is 12.1 Å². The maximum atomic E-state index is 12.3. The second-order valence-electron chi connectivity index (χ2n) is 2.89. The molecular formula is C10H11O3P. The van der Waals surface area contributed by atoms with Crippen molar-refractivity contribution >= 4 is 12.7 Å². The van der Waals surface area contributed by atoms with Crippen LogP contribution in [0.5, 0.6) is 5.75 Å². The van der Waals surface area contributed by atoms with E-state index in [1.54, 1.807) is 12.1 Å². The Balaban J connectivity index is 2.50. The maximum absolute atomic E-state index is 12.3. The van der Waals surface area contributed by atoms with Crippen LogP contribution in [0.3, 0.4) is 0 Å². The summed E-state index contributed by atoms with van der Waals surface area (Å²) in [6.45, 7) is 2.25. The molecule has 1 atom stereocenters. The Labute approximate surface area is 82.8 Å². The molecule has 0 N–H and O–H groups in total. The third-order valence-corrected chi connectivity index (χ3v) is 4.17. The van der Waals surface area contributed by atoms with E-state index in [1.807, 2.05) is 19.1 Å². The van der Waals surface area contributed by atoms with Crippen molar-refractivity contribution in [2.45, 2.75) is 6.92 Å². The molecular weight excluding hydrogens is 199 g/mol. The molecule has 4 heteroatoms. The summed E-state index contributed by atoms with van der Waals surface area (Å²) in [5, 5.41) is 0.643. The molecule has 1 aromatic rings. The zero-order valence-corrected chi connectivity index (χ0v) is 8.74. The van der Waals surface area contributed by atoms with E-state index in [2.05, 4.69) is 0 Å². The zero-order valence-electron chi connectivity index (χ0n) is 7.84. The normalized spacial score (nSPS) is 24.1. The van der Waals surface area contributed by atoms with Gasteiger partial charge in [-0.2, -0.15) is 0 Å². The minimum atomic E-state index is -2.81. The predicted molar refractivity (Wildman–Crippen MR) is 55.1 cm³/mol. The van der Waals surface area contributed by atoms with Gasteiger partial charge in [-0.25, -0.2) is 0 Å². The molecule has 0 unspecified atom stereocenters. The molecule has 0 fully saturated rings. The third kappa shape index (κ3) is 1.49. The van der Waals surface area contributed by atoms with Crippen molar-refractivity contribution in [2.24, 2.45) is 0 Å². The van der Waals surface area contributed by atoms with Crippen molar-refractivity contribution in [3.05, 3.63) is 36.3 Å². The van der Waals surface area contributed by atoms with Gasteiger partial charge in [-0.3, -0.25) is 4.57 Å². The summed E-state index contributed by atoms with van der Waals surface area (Å²) < 4.78 is 22.8. The summed E-state index contributed by atoms with van der Waals surface area (Å²) in [4.78, 5) is 0. The van der Waals surface area contributed by atoms with Gasteiger partial charge < -0.3 is 9.26 Å². The number of rotatable bonds is 2. The second kappa shape index (κ2) is 3.60. The lowest BCUT2D eigenvalue weighted by molar-refractivity contribution is 0.343. The van der Waals surface area contributed by atoms with Crippen LogP contribution in [-0.4, -0.2) is 6.61 Å². The van der Waals surface area contributed by atoms with Crippen LogP contribution in [0.2, 0.25) is 0 Å². The Hall–Kier alpha value is -1.05. The minimum absolute atomic E-state index is 0.427. The molecule has 74 valence electrons. The fourth-order valence-electron chi connectivity index (χ4n) is 1.38. The van der Waals surface area contributed by atoms with E-state index in [-0.39, 0.29) is 0 Å². The number of ether oxygens (including phenoxy) is 1. The summed E-state index contributed by atoms with van der Waals surface area (Å²) in [6, 6.07) is 7.22. The number of hydrogen-bond acceptors (Lipinski definition) is 3. The average molecular weight is 210 g/mol. The van der Waals surface area contributed by atoms with E-state index >= 15 is 0 Å². The number of benzene rings is 1. The van der Waals surface area contributed by atoms with Gasteiger partial charge in [-0.15, -0.1) is 0 Å². The quantitative estimate of drug-likeness (QED) is 0.703. The van der Waals surface area contributed by atoms with Crippen LogP contribution < -0.4 is 10.0 Å². The first-order chi connectivity index (χ1) is 6.76. The highest BCUT2D eigenvalue weighted by molar-refractivity contribution is 7.70. The molecule has 3 nitrogen and oxygen atoms in total. The van der Waals surface area contributed by atoms with Crippen LogP contribution in [0.15, 0.2) is 36.3 Å². The Morgan fingerprint density at radius 1 is 1.43 bits per heavy atom. The van der Waals surface area contributed by atoms with E-state index in [0.717, 1.165) is 0 Å². The smallest absolute Gasteiger partial charge is 0.261 e. The molecule has 0 aromatic heterocycles. The maximum Gasteiger partial charge on any atom is 0.261 e. The van der Waals surface area contributed by atoms with Crippen LogP contribution >= 0.6 is 7.37 Å². The van der Waals surface area contributed by atoms with Crippen molar-refractivity contribution in [3.8, 4) is 5.75 Å². The lowest BCUT2D eigenvalue weighted by Crippen LogP contribution is -2.12. The van der Waals surface area contributed by atoms with Crippen molar-refractivity contribution in [3.63, 3.8) is 0 Å². The molecule has 0 spiro atoms. The first-order valence-electron chi connectivity index (χ1n) is 4.44. The Morgan fingerprint density at radius 3 is 3.00 bits per heavy atom. The summed E-state index contributed by atoms with van der Waals surface area (Å²) in [5.74, 6) is 2.12. The second-order valence-corrected chi connectivity index (χ2v) is 5.12. The summed E-state index contributed by atoms with van der Waals surface area (Å²) in [6.07, 6.45) is 1.43. The largest absolute Gasteiger partial charge is 0.464 e. The lowest BCUT2D eigenvalue weighted by atomic mass is 10.3. The van der Waals surface area contributed by atoms with Crippen molar-refractivity contribution in [1.82, 2.24) is 0 Å². The van der Waals surface area contributed by atoms with Crippen molar-refractivity contribution in [1.29, 1.82) is 0 Å². The molecule has 1 aliphatic heterocycles. The third-order valence-electron chi connectivity index (χ3n) is 1.97. The lowest BCUT2D eigenvalue weighted by Gasteiger charge is -2.20. The fourth-order valence-corrected chi connectivity index (χ4v) is 3.10. The summed E-state index contributed by atoms with van der Waals surface area (Å²) >= 11 is 0. The van der Waals surface area contributed by atoms with E-state index in [0.29, 0.717) is 17.7 Å². The average Bonchev–Trinajstić information content (AvgIpc) is 2.19. The van der Waals surface area contributed by atoms with Gasteiger partial charge in [0.1, 0.15) is 5.75 Å². The summed E-state index contributed by atoms with van der Waals surface area (Å²) in [5.41, 5.74) is 0. The first-order valence-corrected chi connectivity index (χ1v) is 6.14. The molecule has 14 heavy (non-hydrogen) atoms. The van der Waals surface area contributed by atoms with Gasteiger partial charge in [0.05, 0.1) is 18.2 Å². The zero-order chi connectivity index (χ0) is 10.0. The van der Waals surface area contributed by atoms with Gasteiger partial charge in [0, 0.05) is 5.82 Å². The number of hydrogen-bond donors (Lipinski definition) is 0. The highest BCUT2D eigenvalue weighted by atomic mass is 31.2. The van der Waals surface area contributed by atoms with E-state index in [4.69, 9.17) is 9.26 Å². The molecule has 0 aliphatic carbocycles. The summed E-state index contributed by atoms with van der Waals surface area (Å²) in [7, 11) is -2.81. The van der Waals surface area contributed by atoms with Crippen LogP contribution in [0.25, 0.3) is 0 Å². The Morgan fingerprint density at radius 2 is 2.21 bits per heavy atom. The van der Waals surface area contributed by atoms with Gasteiger partial charge in [0.25, 0.3) is 7.37 Å². The van der Waals surface area contributed by atoms with Crippen LogP contribution in [0, 0.1) is 0 Å². The Kier molecular flexibility index (Phi) is 2.44. The molecule has 0 radical (unpaired) electrons. The van der Waals surface area contributed by atoms with Crippen LogP contribution in [-0.2, 0) is 9.09 Å². The van der Waals surface area contributed by atoms with Gasteiger partial charge in [0.2, 0.25) is 0 Å². The van der Waals surface area contributed by atoms with Gasteiger partial charge >= 0.3 is 0 Å². The molecule has 0 bridgehead atoms. The minimum Gasteiger partial charge on any atom is -0.464 e. The SMILES string of the molecule is CCO[P@]1(=O)C=COc2ccccc21. The standard InChI is InChI=1S/C10H11O3P/c1-2-13-14(11)8-7-12-9-5-3-4-6-10(9)14/h3-8H,2H2,1H3/t14-/m1/s1. The van der Waals surface area contributed by atoms with Crippen molar-refractivity contribution < 1.29 is 13.8 Å². The predicted octanol–water partition coefficient (Wildman–Crippen LogP) is 2.49. The monoisotopic (exact) mass is 210 g/mol. The number of fused-ring (bicyclic) bond motifs is 1. The molecule has 1 aliphatic rings. The van der Waals surface area contributed by atoms with Gasteiger partial charge in [0.15, 0.2) is 0 Å². The van der Waals surface area contributed by atoms with E-state index < -0.39 is 7.37 Å². The first kappa shape index (κ1) is 9.50. The topological polar surface area (TPSA) is 35.5 Å². The van der Waals surface area contributed by atoms with Crippen LogP contribution in [0.1, 0.15) is 6.92 Å². The molecule has 1 heterocycles. The number of para-hydroxylation sites is 1. The van der Waals surface area contributed by atoms with Crippen LogP contribution in [0.4, 0.5) is 0 Å². The van der Waals surface area contributed by atoms with Gasteiger partial charge in [-0.1, -0.05) is 12.1 Å². The van der Waals surface area contributed by atoms with Gasteiger partial charge in [-0.05, 0) is 19.1 Å². The highest BCUT2D eigenvalue weighted by Gasteiger charge is 2.28. The molecule has 0 saturated carbocycles.